The van der Waals surface area contributed by atoms with Crippen LogP contribution in [0.2, 0.25) is 0 Å². The summed E-state index contributed by atoms with van der Waals surface area (Å²) in [6.45, 7) is 1.28. The Labute approximate surface area is 95.6 Å². The van der Waals surface area contributed by atoms with Crippen molar-refractivity contribution in [3.63, 3.8) is 0 Å². The van der Waals surface area contributed by atoms with Crippen molar-refractivity contribution in [1.29, 1.82) is 0 Å². The van der Waals surface area contributed by atoms with Gasteiger partial charge in [-0.3, -0.25) is 4.79 Å². The molecule has 1 aromatic heterocycles. The molecule has 88 valence electrons. The Bertz CT molecular complexity index is 354. The van der Waals surface area contributed by atoms with E-state index < -0.39 is 12.0 Å². The predicted molar refractivity (Wildman–Crippen MR) is 55.7 cm³/mol. The van der Waals surface area contributed by atoms with Gasteiger partial charge in [0.05, 0.1) is 5.75 Å². The number of aliphatic carboxylic acids is 1. The first-order valence-corrected chi connectivity index (χ1v) is 5.58. The minimum atomic E-state index is -1.06. The van der Waals surface area contributed by atoms with E-state index in [2.05, 4.69) is 20.0 Å². The van der Waals surface area contributed by atoms with Crippen molar-refractivity contribution in [2.24, 2.45) is 0 Å². The van der Waals surface area contributed by atoms with Crippen LogP contribution in [-0.2, 0) is 15.3 Å². The van der Waals surface area contributed by atoms with Gasteiger partial charge in [-0.2, -0.15) is 16.7 Å². The SMILES string of the molecule is CC(=O)N[C@@H](CSCc1ncon1)C(=O)O. The topological polar surface area (TPSA) is 105 Å². The molecule has 0 aromatic carbocycles. The molecule has 1 atom stereocenters. The molecular weight excluding hydrogens is 234 g/mol. The molecule has 2 N–H and O–H groups in total. The van der Waals surface area contributed by atoms with Gasteiger partial charge in [-0.1, -0.05) is 5.16 Å². The van der Waals surface area contributed by atoms with Crippen LogP contribution in [0.25, 0.3) is 0 Å². The summed E-state index contributed by atoms with van der Waals surface area (Å²) in [7, 11) is 0. The van der Waals surface area contributed by atoms with E-state index in [0.717, 1.165) is 0 Å². The zero-order valence-corrected chi connectivity index (χ0v) is 9.36. The fourth-order valence-corrected chi connectivity index (χ4v) is 1.83. The number of thioether (sulfide) groups is 1. The van der Waals surface area contributed by atoms with Crippen molar-refractivity contribution in [2.45, 2.75) is 18.7 Å². The quantitative estimate of drug-likeness (QED) is 0.720. The van der Waals surface area contributed by atoms with Crippen LogP contribution < -0.4 is 5.32 Å². The molecule has 0 bridgehead atoms. The normalized spacial score (nSPS) is 12.1. The summed E-state index contributed by atoms with van der Waals surface area (Å²) in [5.74, 6) is -0.233. The maximum absolute atomic E-state index is 10.7. The van der Waals surface area contributed by atoms with Crippen LogP contribution in [-0.4, -0.2) is 38.9 Å². The number of rotatable bonds is 6. The smallest absolute Gasteiger partial charge is 0.327 e. The number of carbonyl (C=O) groups is 2. The average Bonchev–Trinajstić information content (AvgIpc) is 2.68. The van der Waals surface area contributed by atoms with Gasteiger partial charge in [0.25, 0.3) is 0 Å². The number of nitrogens with one attached hydrogen (secondary N) is 1. The lowest BCUT2D eigenvalue weighted by molar-refractivity contribution is -0.140. The van der Waals surface area contributed by atoms with Gasteiger partial charge in [0, 0.05) is 12.7 Å². The van der Waals surface area contributed by atoms with Crippen molar-refractivity contribution >= 4 is 23.6 Å². The fraction of sp³-hybridized carbons (Fsp3) is 0.500. The van der Waals surface area contributed by atoms with Gasteiger partial charge in [0.15, 0.2) is 5.82 Å². The number of carbonyl (C=O) groups excluding carboxylic acids is 1. The molecule has 0 aliphatic carbocycles. The molecule has 0 saturated heterocycles. The minimum Gasteiger partial charge on any atom is -0.480 e. The number of carboxylic acid groups (broad SMARTS) is 1. The zero-order valence-electron chi connectivity index (χ0n) is 8.54. The van der Waals surface area contributed by atoms with Crippen LogP contribution in [0.1, 0.15) is 12.7 Å². The minimum absolute atomic E-state index is 0.253. The van der Waals surface area contributed by atoms with Crippen LogP contribution in [0, 0.1) is 0 Å². The molecule has 0 radical (unpaired) electrons. The fourth-order valence-electron chi connectivity index (χ4n) is 0.944. The molecule has 16 heavy (non-hydrogen) atoms. The number of aromatic nitrogens is 2. The molecule has 0 aliphatic heterocycles. The van der Waals surface area contributed by atoms with Gasteiger partial charge in [-0.15, -0.1) is 0 Å². The number of amides is 1. The van der Waals surface area contributed by atoms with Crippen LogP contribution in [0.4, 0.5) is 0 Å². The van der Waals surface area contributed by atoms with Crippen molar-refractivity contribution in [2.75, 3.05) is 5.75 Å². The van der Waals surface area contributed by atoms with Gasteiger partial charge in [-0.05, 0) is 0 Å². The summed E-state index contributed by atoms with van der Waals surface area (Å²) in [5, 5.41) is 14.7. The highest BCUT2D eigenvalue weighted by Crippen LogP contribution is 2.09. The molecule has 1 heterocycles. The Balaban J connectivity index is 2.32. The van der Waals surface area contributed by atoms with E-state index in [-0.39, 0.29) is 11.7 Å². The molecule has 0 fully saturated rings. The third-order valence-corrected chi connectivity index (χ3v) is 2.63. The van der Waals surface area contributed by atoms with E-state index in [1.165, 1.54) is 25.1 Å². The Morgan fingerprint density at radius 1 is 1.69 bits per heavy atom. The number of carboxylic acids is 1. The highest BCUT2D eigenvalue weighted by molar-refractivity contribution is 7.98. The van der Waals surface area contributed by atoms with Gasteiger partial charge >= 0.3 is 5.97 Å². The maximum atomic E-state index is 10.7. The molecule has 0 spiro atoms. The summed E-state index contributed by atoms with van der Waals surface area (Å²) >= 11 is 1.31. The predicted octanol–water partition coefficient (Wildman–Crippen LogP) is -0.108. The number of hydrogen-bond acceptors (Lipinski definition) is 6. The molecule has 0 unspecified atom stereocenters. The first-order chi connectivity index (χ1) is 7.59. The second-order valence-corrected chi connectivity index (χ2v) is 3.98. The van der Waals surface area contributed by atoms with Crippen molar-refractivity contribution in [3.05, 3.63) is 12.2 Å². The standard InChI is InChI=1S/C8H11N3O4S/c1-5(12)10-6(8(13)14)2-16-3-7-9-4-15-11-7/h4,6H,2-3H2,1H3,(H,10,12)(H,13,14)/t6-/m0/s1. The molecule has 0 saturated carbocycles. The maximum Gasteiger partial charge on any atom is 0.327 e. The van der Waals surface area contributed by atoms with Crippen molar-refractivity contribution < 1.29 is 19.2 Å². The lowest BCUT2D eigenvalue weighted by atomic mass is 10.3. The van der Waals surface area contributed by atoms with Crippen LogP contribution in [0.3, 0.4) is 0 Å². The summed E-state index contributed by atoms with van der Waals surface area (Å²) in [6, 6.07) is -0.894. The lowest BCUT2D eigenvalue weighted by Gasteiger charge is -2.11. The number of nitrogens with zero attached hydrogens (tertiary/aromatic N) is 2. The molecule has 7 nitrogen and oxygen atoms in total. The largest absolute Gasteiger partial charge is 0.480 e. The highest BCUT2D eigenvalue weighted by Gasteiger charge is 2.18. The van der Waals surface area contributed by atoms with Crippen LogP contribution in [0.5, 0.6) is 0 Å². The van der Waals surface area contributed by atoms with Crippen LogP contribution >= 0.6 is 11.8 Å². The van der Waals surface area contributed by atoms with Gasteiger partial charge < -0.3 is 14.9 Å². The average molecular weight is 245 g/mol. The third kappa shape index (κ3) is 4.30. The van der Waals surface area contributed by atoms with E-state index in [1.807, 2.05) is 0 Å². The van der Waals surface area contributed by atoms with Gasteiger partial charge in [-0.25, -0.2) is 4.79 Å². The zero-order chi connectivity index (χ0) is 12.0. The Kier molecular flexibility index (Phi) is 4.77. The lowest BCUT2D eigenvalue weighted by Crippen LogP contribution is -2.41. The second kappa shape index (κ2) is 6.11. The summed E-state index contributed by atoms with van der Waals surface area (Å²) in [6.07, 6.45) is 1.21. The number of hydrogen-bond donors (Lipinski definition) is 2. The molecule has 8 heteroatoms. The Morgan fingerprint density at radius 2 is 2.44 bits per heavy atom. The van der Waals surface area contributed by atoms with Gasteiger partial charge in [0.2, 0.25) is 12.3 Å². The summed E-state index contributed by atoms with van der Waals surface area (Å²) in [5.41, 5.74) is 0. The van der Waals surface area contributed by atoms with E-state index in [4.69, 9.17) is 5.11 Å². The van der Waals surface area contributed by atoms with E-state index in [9.17, 15) is 9.59 Å². The van der Waals surface area contributed by atoms with E-state index >= 15 is 0 Å². The molecule has 0 aliphatic rings. The molecular formula is C8H11N3O4S. The van der Waals surface area contributed by atoms with E-state index in [1.54, 1.807) is 0 Å². The Morgan fingerprint density at radius 3 is 2.94 bits per heavy atom. The van der Waals surface area contributed by atoms with Crippen molar-refractivity contribution in [1.82, 2.24) is 15.5 Å². The first-order valence-electron chi connectivity index (χ1n) is 4.42. The molecule has 1 rings (SSSR count). The second-order valence-electron chi connectivity index (χ2n) is 2.95. The first kappa shape index (κ1) is 12.5. The molecule has 1 aromatic rings. The van der Waals surface area contributed by atoms with Crippen molar-refractivity contribution in [3.8, 4) is 0 Å². The Hall–Kier alpha value is -1.57. The summed E-state index contributed by atoms with van der Waals surface area (Å²) < 4.78 is 4.52. The summed E-state index contributed by atoms with van der Waals surface area (Å²) in [4.78, 5) is 25.3. The third-order valence-electron chi connectivity index (χ3n) is 1.60. The van der Waals surface area contributed by atoms with E-state index in [0.29, 0.717) is 11.6 Å². The molecule has 1 amide bonds. The monoisotopic (exact) mass is 245 g/mol. The highest BCUT2D eigenvalue weighted by atomic mass is 32.2. The van der Waals surface area contributed by atoms with Gasteiger partial charge in [0.1, 0.15) is 6.04 Å². The van der Waals surface area contributed by atoms with Crippen LogP contribution in [0.15, 0.2) is 10.9 Å².